The SMILES string of the molecule is CC.Cn1ccc(NC(=O)C(F)(F)C(F)(F)F)n1. The molecule has 18 heavy (non-hydrogen) atoms. The minimum Gasteiger partial charge on any atom is -0.304 e. The summed E-state index contributed by atoms with van der Waals surface area (Å²) < 4.78 is 61.3. The topological polar surface area (TPSA) is 46.9 Å². The Hall–Kier alpha value is -1.67. The van der Waals surface area contributed by atoms with E-state index in [1.165, 1.54) is 18.6 Å². The van der Waals surface area contributed by atoms with Crippen molar-refractivity contribution in [3.8, 4) is 0 Å². The van der Waals surface area contributed by atoms with Crippen molar-refractivity contribution >= 4 is 11.7 Å². The van der Waals surface area contributed by atoms with Gasteiger partial charge >= 0.3 is 18.0 Å². The van der Waals surface area contributed by atoms with Crippen LogP contribution in [-0.2, 0) is 11.8 Å². The highest BCUT2D eigenvalue weighted by Crippen LogP contribution is 2.36. The molecule has 0 aliphatic heterocycles. The number of aromatic nitrogens is 2. The Morgan fingerprint density at radius 1 is 1.28 bits per heavy atom. The van der Waals surface area contributed by atoms with Gasteiger partial charge in [0.25, 0.3) is 0 Å². The first-order valence-electron chi connectivity index (χ1n) is 4.90. The Morgan fingerprint density at radius 3 is 2.11 bits per heavy atom. The Balaban J connectivity index is 0.00000137. The zero-order valence-electron chi connectivity index (χ0n) is 9.85. The van der Waals surface area contributed by atoms with Crippen molar-refractivity contribution in [3.63, 3.8) is 0 Å². The second-order valence-electron chi connectivity index (χ2n) is 2.90. The molecule has 1 amide bonds. The Kier molecular flexibility index (Phi) is 5.25. The summed E-state index contributed by atoms with van der Waals surface area (Å²) in [4.78, 5) is 10.7. The summed E-state index contributed by atoms with van der Waals surface area (Å²) >= 11 is 0. The molecule has 0 bridgehead atoms. The van der Waals surface area contributed by atoms with Gasteiger partial charge in [0.05, 0.1) is 0 Å². The lowest BCUT2D eigenvalue weighted by Crippen LogP contribution is -2.47. The monoisotopic (exact) mass is 273 g/mol. The number of hydrogen-bond acceptors (Lipinski definition) is 2. The van der Waals surface area contributed by atoms with Crippen molar-refractivity contribution in [2.75, 3.05) is 5.32 Å². The van der Waals surface area contributed by atoms with Gasteiger partial charge in [0.15, 0.2) is 5.82 Å². The highest BCUT2D eigenvalue weighted by atomic mass is 19.4. The van der Waals surface area contributed by atoms with E-state index >= 15 is 0 Å². The normalized spacial score (nSPS) is 11.6. The van der Waals surface area contributed by atoms with Crippen LogP contribution in [0.15, 0.2) is 12.3 Å². The van der Waals surface area contributed by atoms with Crippen LogP contribution >= 0.6 is 0 Å². The fourth-order valence-corrected chi connectivity index (χ4v) is 0.805. The van der Waals surface area contributed by atoms with Gasteiger partial charge in [-0.1, -0.05) is 13.8 Å². The molecule has 0 aliphatic rings. The molecule has 0 saturated carbocycles. The van der Waals surface area contributed by atoms with Gasteiger partial charge in [-0.25, -0.2) is 0 Å². The van der Waals surface area contributed by atoms with Gasteiger partial charge in [-0.05, 0) is 0 Å². The quantitative estimate of drug-likeness (QED) is 0.842. The molecular formula is C9H12F5N3O. The van der Waals surface area contributed by atoms with Crippen LogP contribution in [0.5, 0.6) is 0 Å². The minimum atomic E-state index is -5.92. The number of carbonyl (C=O) groups excluding carboxylic acids is 1. The summed E-state index contributed by atoms with van der Waals surface area (Å²) in [6.45, 7) is 4.00. The van der Waals surface area contributed by atoms with E-state index in [1.807, 2.05) is 13.8 Å². The van der Waals surface area contributed by atoms with Crippen LogP contribution in [0.2, 0.25) is 0 Å². The highest BCUT2D eigenvalue weighted by Gasteiger charge is 2.63. The van der Waals surface area contributed by atoms with Gasteiger partial charge < -0.3 is 5.32 Å². The van der Waals surface area contributed by atoms with E-state index in [4.69, 9.17) is 0 Å². The zero-order chi connectivity index (χ0) is 14.6. The molecular weight excluding hydrogens is 261 g/mol. The van der Waals surface area contributed by atoms with E-state index in [2.05, 4.69) is 5.10 Å². The highest BCUT2D eigenvalue weighted by molar-refractivity contribution is 5.95. The summed E-state index contributed by atoms with van der Waals surface area (Å²) in [5.41, 5.74) is 0. The van der Waals surface area contributed by atoms with E-state index in [0.29, 0.717) is 0 Å². The molecule has 1 aromatic rings. The standard InChI is InChI=1S/C7H6F5N3O.C2H6/c1-15-3-2-4(14-15)13-5(16)6(8,9)7(10,11)12;1-2/h2-3H,1H3,(H,13,14,16);1-2H3. The number of aryl methyl sites for hydroxylation is 1. The molecule has 4 nitrogen and oxygen atoms in total. The van der Waals surface area contributed by atoms with Gasteiger partial charge in [-0.15, -0.1) is 0 Å². The van der Waals surface area contributed by atoms with Crippen LogP contribution < -0.4 is 5.32 Å². The number of anilines is 1. The molecule has 0 spiro atoms. The van der Waals surface area contributed by atoms with Crippen LogP contribution in [-0.4, -0.2) is 27.8 Å². The maximum absolute atomic E-state index is 12.4. The van der Waals surface area contributed by atoms with E-state index < -0.39 is 18.0 Å². The van der Waals surface area contributed by atoms with Crippen molar-refractivity contribution in [1.82, 2.24) is 9.78 Å². The third kappa shape index (κ3) is 3.67. The first kappa shape index (κ1) is 16.3. The second-order valence-corrected chi connectivity index (χ2v) is 2.90. The molecule has 9 heteroatoms. The number of alkyl halides is 5. The lowest BCUT2D eigenvalue weighted by atomic mass is 10.3. The third-order valence-corrected chi connectivity index (χ3v) is 1.60. The second kappa shape index (κ2) is 5.78. The fourth-order valence-electron chi connectivity index (χ4n) is 0.805. The number of nitrogens with one attached hydrogen (secondary N) is 1. The van der Waals surface area contributed by atoms with Gasteiger partial charge in [0, 0.05) is 19.3 Å². The Bertz CT molecular complexity index is 399. The predicted molar refractivity (Wildman–Crippen MR) is 54.2 cm³/mol. The zero-order valence-corrected chi connectivity index (χ0v) is 9.85. The summed E-state index contributed by atoms with van der Waals surface area (Å²) in [5, 5.41) is 4.80. The molecule has 1 N–H and O–H groups in total. The van der Waals surface area contributed by atoms with Crippen molar-refractivity contribution in [2.45, 2.75) is 25.9 Å². The first-order chi connectivity index (χ1) is 8.14. The third-order valence-electron chi connectivity index (χ3n) is 1.60. The van der Waals surface area contributed by atoms with Crippen molar-refractivity contribution < 1.29 is 26.7 Å². The van der Waals surface area contributed by atoms with Gasteiger partial charge in [0.2, 0.25) is 0 Å². The molecule has 0 radical (unpaired) electrons. The van der Waals surface area contributed by atoms with Crippen LogP contribution in [0.3, 0.4) is 0 Å². The first-order valence-corrected chi connectivity index (χ1v) is 4.90. The average molecular weight is 273 g/mol. The summed E-state index contributed by atoms with van der Waals surface area (Å²) in [7, 11) is 1.41. The van der Waals surface area contributed by atoms with Crippen LogP contribution in [0, 0.1) is 0 Å². The number of nitrogens with zero attached hydrogens (tertiary/aromatic N) is 2. The van der Waals surface area contributed by atoms with Crippen molar-refractivity contribution in [1.29, 1.82) is 0 Å². The van der Waals surface area contributed by atoms with Gasteiger partial charge in [0.1, 0.15) is 0 Å². The lowest BCUT2D eigenvalue weighted by molar-refractivity contribution is -0.267. The van der Waals surface area contributed by atoms with E-state index in [9.17, 15) is 26.7 Å². The Morgan fingerprint density at radius 2 is 1.78 bits per heavy atom. The summed E-state index contributed by atoms with van der Waals surface area (Å²) in [6.07, 6.45) is -4.65. The largest absolute Gasteiger partial charge is 0.463 e. The molecule has 104 valence electrons. The lowest BCUT2D eigenvalue weighted by Gasteiger charge is -2.17. The molecule has 1 heterocycles. The minimum absolute atomic E-state index is 0.378. The smallest absolute Gasteiger partial charge is 0.304 e. The van der Waals surface area contributed by atoms with Gasteiger partial charge in [-0.3, -0.25) is 9.48 Å². The number of rotatable bonds is 2. The van der Waals surface area contributed by atoms with Crippen molar-refractivity contribution in [3.05, 3.63) is 12.3 Å². The van der Waals surface area contributed by atoms with E-state index in [1.54, 1.807) is 0 Å². The fraction of sp³-hybridized carbons (Fsp3) is 0.556. The van der Waals surface area contributed by atoms with Crippen LogP contribution in [0.25, 0.3) is 0 Å². The molecule has 0 atom stereocenters. The number of halogens is 5. The summed E-state index contributed by atoms with van der Waals surface area (Å²) in [6, 6.07) is 1.09. The molecule has 1 rings (SSSR count). The summed E-state index contributed by atoms with van der Waals surface area (Å²) in [5.74, 6) is -8.28. The van der Waals surface area contributed by atoms with Crippen molar-refractivity contribution in [2.24, 2.45) is 7.05 Å². The molecule has 0 fully saturated rings. The molecule has 0 saturated heterocycles. The molecule has 0 aliphatic carbocycles. The average Bonchev–Trinajstić information content (AvgIpc) is 2.65. The van der Waals surface area contributed by atoms with E-state index in [0.717, 1.165) is 10.7 Å². The number of hydrogen-bond donors (Lipinski definition) is 1. The molecule has 1 aromatic heterocycles. The van der Waals surface area contributed by atoms with Crippen LogP contribution in [0.4, 0.5) is 27.8 Å². The molecule has 0 aromatic carbocycles. The maximum Gasteiger partial charge on any atom is 0.463 e. The van der Waals surface area contributed by atoms with Gasteiger partial charge in [-0.2, -0.15) is 27.1 Å². The number of carbonyl (C=O) groups is 1. The Labute approximate surface area is 99.8 Å². The molecule has 0 unspecified atom stereocenters. The van der Waals surface area contributed by atoms with E-state index in [-0.39, 0.29) is 5.82 Å². The predicted octanol–water partition coefficient (Wildman–Crippen LogP) is 2.58. The van der Waals surface area contributed by atoms with Crippen LogP contribution in [0.1, 0.15) is 13.8 Å². The maximum atomic E-state index is 12.4. The number of amides is 1.